The lowest BCUT2D eigenvalue weighted by atomic mass is 10.1. The van der Waals surface area contributed by atoms with Gasteiger partial charge in [0.15, 0.2) is 17.5 Å². The molecule has 0 bridgehead atoms. The van der Waals surface area contributed by atoms with Crippen molar-refractivity contribution in [1.29, 1.82) is 0 Å². The summed E-state index contributed by atoms with van der Waals surface area (Å²) >= 11 is 0. The normalized spacial score (nSPS) is 11.3. The number of hydrogen-bond donors (Lipinski definition) is 0. The van der Waals surface area contributed by atoms with E-state index >= 15 is 0 Å². The van der Waals surface area contributed by atoms with Crippen LogP contribution in [0.1, 0.15) is 18.2 Å². The van der Waals surface area contributed by atoms with E-state index in [1.54, 1.807) is 11.0 Å². The Kier molecular flexibility index (Phi) is 5.79. The Morgan fingerprint density at radius 3 is 2.68 bits per heavy atom. The van der Waals surface area contributed by atoms with Crippen LogP contribution in [0.5, 0.6) is 0 Å². The summed E-state index contributed by atoms with van der Waals surface area (Å²) in [5.74, 6) is -1.26. The lowest BCUT2D eigenvalue weighted by Crippen LogP contribution is -2.15. The third-order valence-electron chi connectivity index (χ3n) is 4.67. The van der Waals surface area contributed by atoms with E-state index in [1.807, 2.05) is 43.3 Å². The fourth-order valence-electron chi connectivity index (χ4n) is 3.03. The van der Waals surface area contributed by atoms with Crippen LogP contribution in [0.2, 0.25) is 0 Å². The zero-order valence-corrected chi connectivity index (χ0v) is 16.7. The van der Waals surface area contributed by atoms with Crippen LogP contribution in [0.4, 0.5) is 8.78 Å². The van der Waals surface area contributed by atoms with Crippen molar-refractivity contribution in [3.8, 4) is 17.1 Å². The van der Waals surface area contributed by atoms with E-state index in [2.05, 4.69) is 15.2 Å². The molecule has 0 spiro atoms. The van der Waals surface area contributed by atoms with Crippen molar-refractivity contribution in [2.45, 2.75) is 19.9 Å². The van der Waals surface area contributed by atoms with Crippen LogP contribution in [-0.2, 0) is 13.0 Å². The molecule has 0 unspecified atom stereocenters. The number of allylic oxidation sites excluding steroid dienone is 1. The fraction of sp³-hybridized carbons (Fsp3) is 0.130. The molecule has 2 aromatic heterocycles. The predicted molar refractivity (Wildman–Crippen MR) is 114 cm³/mol. The number of aryl methyl sites for hydroxylation is 1. The van der Waals surface area contributed by atoms with E-state index in [4.69, 9.17) is 0 Å². The van der Waals surface area contributed by atoms with Crippen LogP contribution in [0.15, 0.2) is 71.9 Å². The van der Waals surface area contributed by atoms with E-state index < -0.39 is 11.6 Å². The minimum atomic E-state index is -0.974. The summed E-state index contributed by atoms with van der Waals surface area (Å²) in [6.45, 7) is 2.74. The lowest BCUT2D eigenvalue weighted by molar-refractivity contribution is 0.507. The molecule has 2 aromatic carbocycles. The van der Waals surface area contributed by atoms with Crippen LogP contribution in [-0.4, -0.2) is 24.5 Å². The fourth-order valence-corrected chi connectivity index (χ4v) is 3.03. The van der Waals surface area contributed by atoms with Crippen LogP contribution in [0.25, 0.3) is 23.2 Å². The first-order valence-corrected chi connectivity index (χ1v) is 9.74. The molecule has 2 heterocycles. The van der Waals surface area contributed by atoms with Gasteiger partial charge in [-0.05, 0) is 30.7 Å². The van der Waals surface area contributed by atoms with Crippen LogP contribution in [0.3, 0.4) is 0 Å². The number of aromatic nitrogens is 5. The second-order valence-electron chi connectivity index (χ2n) is 6.83. The number of halogens is 2. The van der Waals surface area contributed by atoms with Crippen molar-refractivity contribution >= 4 is 6.08 Å². The van der Waals surface area contributed by atoms with Crippen LogP contribution in [0, 0.1) is 11.6 Å². The van der Waals surface area contributed by atoms with Crippen molar-refractivity contribution < 1.29 is 8.78 Å². The molecule has 0 atom stereocenters. The average molecular weight is 419 g/mol. The van der Waals surface area contributed by atoms with Gasteiger partial charge in [0.05, 0.1) is 5.69 Å². The summed E-state index contributed by atoms with van der Waals surface area (Å²) in [6.07, 6.45) is 7.12. The maximum Gasteiger partial charge on any atom is 0.203 e. The summed E-state index contributed by atoms with van der Waals surface area (Å²) in [5.41, 5.74) is 2.22. The Morgan fingerprint density at radius 2 is 1.90 bits per heavy atom. The standard InChI is InChI=1S/C23H19F2N5O/c1-2-29-15-26-23(28-29)17-7-3-5-16(13-17)6-4-8-21-22(31)11-12-30(27-21)18-9-10-19(24)20(25)14-18/h3-7,9-15H,2,8H2,1H3. The van der Waals surface area contributed by atoms with E-state index in [1.165, 1.54) is 23.0 Å². The monoisotopic (exact) mass is 419 g/mol. The van der Waals surface area contributed by atoms with Gasteiger partial charge in [0.1, 0.15) is 12.0 Å². The summed E-state index contributed by atoms with van der Waals surface area (Å²) in [6, 6.07) is 12.6. The van der Waals surface area contributed by atoms with Crippen molar-refractivity contribution in [1.82, 2.24) is 24.5 Å². The molecule has 4 rings (SSSR count). The average Bonchev–Trinajstić information content (AvgIpc) is 3.27. The van der Waals surface area contributed by atoms with Crippen LogP contribution < -0.4 is 5.43 Å². The molecule has 31 heavy (non-hydrogen) atoms. The first-order chi connectivity index (χ1) is 15.0. The van der Waals surface area contributed by atoms with Crippen molar-refractivity contribution in [2.75, 3.05) is 0 Å². The van der Waals surface area contributed by atoms with Gasteiger partial charge in [0, 0.05) is 36.9 Å². The van der Waals surface area contributed by atoms with Crippen molar-refractivity contribution in [3.63, 3.8) is 0 Å². The van der Waals surface area contributed by atoms with Gasteiger partial charge in [0.25, 0.3) is 0 Å². The van der Waals surface area contributed by atoms with E-state index in [-0.39, 0.29) is 11.8 Å². The highest BCUT2D eigenvalue weighted by molar-refractivity contribution is 5.61. The summed E-state index contributed by atoms with van der Waals surface area (Å²) < 4.78 is 29.8. The number of rotatable bonds is 6. The minimum absolute atomic E-state index is 0.230. The molecule has 0 saturated carbocycles. The van der Waals surface area contributed by atoms with Gasteiger partial charge in [-0.2, -0.15) is 10.2 Å². The maximum atomic E-state index is 13.5. The Balaban J connectivity index is 1.53. The largest absolute Gasteiger partial charge is 0.288 e. The Bertz CT molecular complexity index is 1310. The first kappa shape index (κ1) is 20.3. The maximum absolute atomic E-state index is 13.5. The SMILES string of the molecule is CCn1cnc(-c2cccc(C=CCc3nn(-c4ccc(F)c(F)c4)ccc3=O)c2)n1. The lowest BCUT2D eigenvalue weighted by Gasteiger charge is -2.07. The van der Waals surface area contributed by atoms with Crippen LogP contribution >= 0.6 is 0 Å². The highest BCUT2D eigenvalue weighted by Gasteiger charge is 2.07. The van der Waals surface area contributed by atoms with Gasteiger partial charge in [-0.3, -0.25) is 9.48 Å². The molecule has 0 aliphatic rings. The smallest absolute Gasteiger partial charge is 0.203 e. The molecule has 6 nitrogen and oxygen atoms in total. The highest BCUT2D eigenvalue weighted by Crippen LogP contribution is 2.17. The summed E-state index contributed by atoms with van der Waals surface area (Å²) in [5, 5.41) is 8.67. The zero-order valence-electron chi connectivity index (χ0n) is 16.7. The zero-order chi connectivity index (χ0) is 21.8. The molecular weight excluding hydrogens is 400 g/mol. The van der Waals surface area contributed by atoms with Gasteiger partial charge in [0.2, 0.25) is 5.43 Å². The molecule has 4 aromatic rings. The molecule has 0 aliphatic carbocycles. The van der Waals surface area contributed by atoms with Crippen molar-refractivity contribution in [2.24, 2.45) is 0 Å². The Morgan fingerprint density at radius 1 is 1.03 bits per heavy atom. The Labute approximate surface area is 177 Å². The summed E-state index contributed by atoms with van der Waals surface area (Å²) in [7, 11) is 0. The number of hydrogen-bond acceptors (Lipinski definition) is 4. The topological polar surface area (TPSA) is 65.6 Å². The number of benzene rings is 2. The quantitative estimate of drug-likeness (QED) is 0.473. The second kappa shape index (κ2) is 8.83. The third kappa shape index (κ3) is 4.63. The highest BCUT2D eigenvalue weighted by atomic mass is 19.2. The number of nitrogens with zero attached hydrogens (tertiary/aromatic N) is 5. The van der Waals surface area contributed by atoms with Gasteiger partial charge >= 0.3 is 0 Å². The molecule has 0 N–H and O–H groups in total. The molecule has 0 radical (unpaired) electrons. The molecule has 8 heteroatoms. The molecule has 0 fully saturated rings. The Hall–Kier alpha value is -3.94. The van der Waals surface area contributed by atoms with E-state index in [9.17, 15) is 13.6 Å². The van der Waals surface area contributed by atoms with Gasteiger partial charge in [-0.15, -0.1) is 0 Å². The van der Waals surface area contributed by atoms with Gasteiger partial charge in [-0.25, -0.2) is 18.4 Å². The minimum Gasteiger partial charge on any atom is -0.288 e. The van der Waals surface area contributed by atoms with Gasteiger partial charge in [-0.1, -0.05) is 30.4 Å². The first-order valence-electron chi connectivity index (χ1n) is 9.74. The molecule has 156 valence electrons. The second-order valence-corrected chi connectivity index (χ2v) is 6.83. The molecule has 0 saturated heterocycles. The van der Waals surface area contributed by atoms with Crippen molar-refractivity contribution in [3.05, 3.63) is 100 Å². The predicted octanol–water partition coefficient (Wildman–Crippen LogP) is 4.05. The molecule has 0 amide bonds. The molecular formula is C23H19F2N5O. The van der Waals surface area contributed by atoms with E-state index in [0.717, 1.165) is 29.8 Å². The van der Waals surface area contributed by atoms with Gasteiger partial charge < -0.3 is 0 Å². The third-order valence-corrected chi connectivity index (χ3v) is 4.67. The van der Waals surface area contributed by atoms with E-state index in [0.29, 0.717) is 17.2 Å². The molecule has 0 aliphatic heterocycles. The summed E-state index contributed by atoms with van der Waals surface area (Å²) in [4.78, 5) is 16.5.